The highest BCUT2D eigenvalue weighted by Crippen LogP contribution is 2.24. The summed E-state index contributed by atoms with van der Waals surface area (Å²) < 4.78 is 0. The number of carbonyl (C=O) groups excluding carboxylic acids is 1. The molecule has 1 heterocycles. The van der Waals surface area contributed by atoms with E-state index >= 15 is 0 Å². The highest BCUT2D eigenvalue weighted by molar-refractivity contribution is 6.00. The molecule has 2 aromatic rings. The van der Waals surface area contributed by atoms with Crippen LogP contribution in [0.5, 0.6) is 0 Å². The van der Waals surface area contributed by atoms with E-state index in [1.807, 2.05) is 30.3 Å². The number of nitrogens with one attached hydrogen (secondary N) is 3. The second kappa shape index (κ2) is 8.18. The van der Waals surface area contributed by atoms with Gasteiger partial charge in [-0.15, -0.1) is 12.4 Å². The number of benzene rings is 2. The number of para-hydroxylation sites is 1. The van der Waals surface area contributed by atoms with Gasteiger partial charge in [-0.3, -0.25) is 0 Å². The maximum atomic E-state index is 12.3. The molecular formula is C19H24ClN3O. The van der Waals surface area contributed by atoms with Crippen molar-refractivity contribution in [2.75, 3.05) is 17.2 Å². The second-order valence-electron chi connectivity index (χ2n) is 6.23. The number of amides is 2. The maximum Gasteiger partial charge on any atom is 0.323 e. The van der Waals surface area contributed by atoms with Gasteiger partial charge in [0.2, 0.25) is 0 Å². The lowest BCUT2D eigenvalue weighted by Crippen LogP contribution is -2.24. The van der Waals surface area contributed by atoms with Crippen LogP contribution < -0.4 is 16.0 Å². The molecule has 2 aromatic carbocycles. The number of fused-ring (bicyclic) bond motifs is 1. The molecule has 0 spiro atoms. The SMILES string of the molecule is CC(C)c1ccccc1NC(=O)Nc1ccc2c(c1)CCNC2.Cl. The van der Waals surface area contributed by atoms with Crippen LogP contribution in [0.3, 0.4) is 0 Å². The zero-order chi connectivity index (χ0) is 16.2. The van der Waals surface area contributed by atoms with Crippen molar-refractivity contribution in [2.45, 2.75) is 32.7 Å². The smallest absolute Gasteiger partial charge is 0.312 e. The summed E-state index contributed by atoms with van der Waals surface area (Å²) in [6, 6.07) is 13.8. The summed E-state index contributed by atoms with van der Waals surface area (Å²) in [6.07, 6.45) is 1.00. The van der Waals surface area contributed by atoms with Gasteiger partial charge >= 0.3 is 6.03 Å². The molecule has 1 aliphatic heterocycles. The van der Waals surface area contributed by atoms with Gasteiger partial charge in [0.15, 0.2) is 0 Å². The molecule has 3 rings (SSSR count). The molecular weight excluding hydrogens is 322 g/mol. The molecule has 0 radical (unpaired) electrons. The molecule has 0 saturated carbocycles. The van der Waals surface area contributed by atoms with Gasteiger partial charge in [-0.1, -0.05) is 38.1 Å². The highest BCUT2D eigenvalue weighted by atomic mass is 35.5. The van der Waals surface area contributed by atoms with Crippen molar-refractivity contribution in [1.82, 2.24) is 5.32 Å². The van der Waals surface area contributed by atoms with Crippen LogP contribution in [0.2, 0.25) is 0 Å². The third-order valence-corrected chi connectivity index (χ3v) is 4.18. The van der Waals surface area contributed by atoms with Gasteiger partial charge < -0.3 is 16.0 Å². The summed E-state index contributed by atoms with van der Waals surface area (Å²) in [6.45, 7) is 6.14. The topological polar surface area (TPSA) is 53.2 Å². The number of hydrogen-bond acceptors (Lipinski definition) is 2. The molecule has 4 nitrogen and oxygen atoms in total. The van der Waals surface area contributed by atoms with Gasteiger partial charge in [0.25, 0.3) is 0 Å². The summed E-state index contributed by atoms with van der Waals surface area (Å²) in [5.41, 5.74) is 5.46. The van der Waals surface area contributed by atoms with Crippen molar-refractivity contribution in [3.8, 4) is 0 Å². The first-order valence-electron chi connectivity index (χ1n) is 8.13. The lowest BCUT2D eigenvalue weighted by molar-refractivity contribution is 0.262. The molecule has 3 N–H and O–H groups in total. The zero-order valence-electron chi connectivity index (χ0n) is 14.1. The normalized spacial score (nSPS) is 13.0. The molecule has 0 bridgehead atoms. The van der Waals surface area contributed by atoms with Crippen molar-refractivity contribution < 1.29 is 4.79 Å². The number of carbonyl (C=O) groups is 1. The lowest BCUT2D eigenvalue weighted by atomic mass is 10.0. The van der Waals surface area contributed by atoms with Crippen LogP contribution in [0.1, 0.15) is 36.5 Å². The Kier molecular flexibility index (Phi) is 6.23. The summed E-state index contributed by atoms with van der Waals surface area (Å²) in [5, 5.41) is 9.25. The van der Waals surface area contributed by atoms with E-state index < -0.39 is 0 Å². The summed E-state index contributed by atoms with van der Waals surface area (Å²) in [4.78, 5) is 12.3. The first kappa shape index (κ1) is 18.3. The molecule has 0 aliphatic carbocycles. The van der Waals surface area contributed by atoms with E-state index in [1.54, 1.807) is 0 Å². The molecule has 0 aromatic heterocycles. The average Bonchev–Trinajstić information content (AvgIpc) is 2.55. The van der Waals surface area contributed by atoms with E-state index in [0.717, 1.165) is 36.4 Å². The number of halogens is 1. The van der Waals surface area contributed by atoms with Crippen LogP contribution in [0, 0.1) is 0 Å². The summed E-state index contributed by atoms with van der Waals surface area (Å²) in [5.74, 6) is 0.364. The summed E-state index contributed by atoms with van der Waals surface area (Å²) in [7, 11) is 0. The first-order chi connectivity index (χ1) is 11.1. The molecule has 0 saturated heterocycles. The highest BCUT2D eigenvalue weighted by Gasteiger charge is 2.12. The minimum Gasteiger partial charge on any atom is -0.312 e. The Balaban J connectivity index is 0.00000208. The number of anilines is 2. The monoisotopic (exact) mass is 345 g/mol. The molecule has 24 heavy (non-hydrogen) atoms. The van der Waals surface area contributed by atoms with Crippen molar-refractivity contribution in [1.29, 1.82) is 0 Å². The van der Waals surface area contributed by atoms with Crippen LogP contribution in [0.25, 0.3) is 0 Å². The third-order valence-electron chi connectivity index (χ3n) is 4.18. The molecule has 128 valence electrons. The van der Waals surface area contributed by atoms with Crippen LogP contribution in [-0.4, -0.2) is 12.6 Å². The zero-order valence-corrected chi connectivity index (χ0v) is 14.9. The fraction of sp³-hybridized carbons (Fsp3) is 0.316. The number of rotatable bonds is 3. The molecule has 2 amide bonds. The van der Waals surface area contributed by atoms with Crippen molar-refractivity contribution in [2.24, 2.45) is 0 Å². The Morgan fingerprint density at radius 1 is 1.08 bits per heavy atom. The van der Waals surface area contributed by atoms with Gasteiger partial charge in [-0.05, 0) is 53.8 Å². The third kappa shape index (κ3) is 4.28. The minimum absolute atomic E-state index is 0. The number of urea groups is 1. The largest absolute Gasteiger partial charge is 0.323 e. The van der Waals surface area contributed by atoms with E-state index in [1.165, 1.54) is 11.1 Å². The Bertz CT molecular complexity index is 716. The fourth-order valence-electron chi connectivity index (χ4n) is 2.95. The quantitative estimate of drug-likeness (QED) is 0.766. The molecule has 0 fully saturated rings. The van der Waals surface area contributed by atoms with Gasteiger partial charge in [0, 0.05) is 17.9 Å². The first-order valence-corrected chi connectivity index (χ1v) is 8.13. The van der Waals surface area contributed by atoms with E-state index in [-0.39, 0.29) is 18.4 Å². The summed E-state index contributed by atoms with van der Waals surface area (Å²) >= 11 is 0. The van der Waals surface area contributed by atoms with Gasteiger partial charge in [-0.2, -0.15) is 0 Å². The van der Waals surface area contributed by atoms with E-state index in [4.69, 9.17) is 0 Å². The molecule has 0 unspecified atom stereocenters. The Morgan fingerprint density at radius 3 is 2.67 bits per heavy atom. The van der Waals surface area contributed by atoms with Crippen molar-refractivity contribution in [3.05, 3.63) is 59.2 Å². The van der Waals surface area contributed by atoms with E-state index in [2.05, 4.69) is 41.9 Å². The van der Waals surface area contributed by atoms with Crippen LogP contribution in [0.15, 0.2) is 42.5 Å². The molecule has 1 aliphatic rings. The van der Waals surface area contributed by atoms with E-state index in [0.29, 0.717) is 5.92 Å². The maximum absolute atomic E-state index is 12.3. The molecule has 5 heteroatoms. The minimum atomic E-state index is -0.202. The Hall–Kier alpha value is -2.04. The van der Waals surface area contributed by atoms with Gasteiger partial charge in [-0.25, -0.2) is 4.79 Å². The Morgan fingerprint density at radius 2 is 1.88 bits per heavy atom. The fourth-order valence-corrected chi connectivity index (χ4v) is 2.95. The van der Waals surface area contributed by atoms with Crippen molar-refractivity contribution >= 4 is 29.8 Å². The second-order valence-corrected chi connectivity index (χ2v) is 6.23. The Labute approximate surface area is 149 Å². The van der Waals surface area contributed by atoms with Crippen molar-refractivity contribution in [3.63, 3.8) is 0 Å². The average molecular weight is 346 g/mol. The standard InChI is InChI=1S/C19H23N3O.ClH/c1-13(2)17-5-3-4-6-18(17)22-19(23)21-16-8-7-15-12-20-10-9-14(15)11-16;/h3-8,11,13,20H,9-10,12H2,1-2H3,(H2,21,22,23);1H. The van der Waals surface area contributed by atoms with Crippen LogP contribution in [-0.2, 0) is 13.0 Å². The predicted molar refractivity (Wildman–Crippen MR) is 102 cm³/mol. The van der Waals surface area contributed by atoms with Gasteiger partial charge in [0.1, 0.15) is 0 Å². The lowest BCUT2D eigenvalue weighted by Gasteiger charge is -2.18. The number of hydrogen-bond donors (Lipinski definition) is 3. The van der Waals surface area contributed by atoms with Crippen LogP contribution >= 0.6 is 12.4 Å². The van der Waals surface area contributed by atoms with E-state index in [9.17, 15) is 4.79 Å². The predicted octanol–water partition coefficient (Wildman–Crippen LogP) is 4.52. The van der Waals surface area contributed by atoms with Crippen LogP contribution in [0.4, 0.5) is 16.2 Å². The molecule has 0 atom stereocenters. The van der Waals surface area contributed by atoms with Gasteiger partial charge in [0.05, 0.1) is 0 Å².